The zero-order chi connectivity index (χ0) is 23.3. The summed E-state index contributed by atoms with van der Waals surface area (Å²) in [5.41, 5.74) is 0.616. The Morgan fingerprint density at radius 1 is 1.00 bits per heavy atom. The fraction of sp³-hybridized carbons (Fsp3) is 0.0526. The molecule has 0 aliphatic carbocycles. The zero-order valence-electron chi connectivity index (χ0n) is 15.8. The van der Waals surface area contributed by atoms with E-state index in [-0.39, 0.29) is 17.3 Å². The Labute approximate surface area is 177 Å². The van der Waals surface area contributed by atoms with E-state index in [1.807, 2.05) is 0 Å². The smallest absolute Gasteiger partial charge is 0.416 e. The summed E-state index contributed by atoms with van der Waals surface area (Å²) >= 11 is 0. The molecular weight excluding hydrogens is 435 g/mol. The molecule has 164 valence electrons. The van der Waals surface area contributed by atoms with Crippen molar-refractivity contribution in [3.8, 4) is 11.6 Å². The molecule has 1 aromatic heterocycles. The van der Waals surface area contributed by atoms with Gasteiger partial charge in [0.25, 0.3) is 11.4 Å². The SMILES string of the molecule is O=[N+]([O-])c1ccc(Oc2ccc(/C=N\Nc3ccc(C(F)(F)F)cc3[N+](=O)[O-])cc2)nc1. The number of nitrogens with zero attached hydrogens (tertiary/aromatic N) is 4. The molecule has 0 fully saturated rings. The van der Waals surface area contributed by atoms with Crippen LogP contribution in [0.15, 0.2) is 65.9 Å². The fourth-order valence-corrected chi connectivity index (χ4v) is 2.41. The van der Waals surface area contributed by atoms with Crippen LogP contribution in [0.3, 0.4) is 0 Å². The highest BCUT2D eigenvalue weighted by molar-refractivity contribution is 5.80. The van der Waals surface area contributed by atoms with E-state index < -0.39 is 27.3 Å². The zero-order valence-corrected chi connectivity index (χ0v) is 15.8. The van der Waals surface area contributed by atoms with Crippen molar-refractivity contribution in [2.45, 2.75) is 6.18 Å². The Morgan fingerprint density at radius 2 is 1.72 bits per heavy atom. The lowest BCUT2D eigenvalue weighted by Gasteiger charge is -2.08. The summed E-state index contributed by atoms with van der Waals surface area (Å²) in [4.78, 5) is 24.0. The largest absolute Gasteiger partial charge is 0.439 e. The maximum atomic E-state index is 12.7. The van der Waals surface area contributed by atoms with Gasteiger partial charge in [0.1, 0.15) is 17.6 Å². The molecule has 0 saturated heterocycles. The number of benzene rings is 2. The fourth-order valence-electron chi connectivity index (χ4n) is 2.41. The highest BCUT2D eigenvalue weighted by Crippen LogP contribution is 2.35. The molecule has 1 N–H and O–H groups in total. The minimum Gasteiger partial charge on any atom is -0.439 e. The number of aromatic nitrogens is 1. The van der Waals surface area contributed by atoms with Gasteiger partial charge in [-0.3, -0.25) is 25.7 Å². The second kappa shape index (κ2) is 9.07. The van der Waals surface area contributed by atoms with E-state index in [9.17, 15) is 33.4 Å². The van der Waals surface area contributed by atoms with Gasteiger partial charge in [-0.2, -0.15) is 18.3 Å². The standard InChI is InChI=1S/C19H12F3N5O5/c20-19(21,22)13-3-7-16(17(9-13)27(30)31)25-24-10-12-1-5-15(6-2-12)32-18-8-4-14(11-23-18)26(28)29/h1-11,25H/b24-10-. The Bertz CT molecular complexity index is 1170. The third-order valence-electron chi connectivity index (χ3n) is 3.95. The van der Waals surface area contributed by atoms with Crippen molar-refractivity contribution < 1.29 is 27.8 Å². The van der Waals surface area contributed by atoms with Crippen molar-refractivity contribution in [1.29, 1.82) is 0 Å². The number of nitro benzene ring substituents is 1. The van der Waals surface area contributed by atoms with Crippen LogP contribution in [0.25, 0.3) is 0 Å². The predicted molar refractivity (Wildman–Crippen MR) is 107 cm³/mol. The van der Waals surface area contributed by atoms with Gasteiger partial charge in [-0.15, -0.1) is 0 Å². The number of nitrogens with one attached hydrogen (secondary N) is 1. The molecule has 0 aliphatic rings. The molecule has 0 spiro atoms. The highest BCUT2D eigenvalue weighted by Gasteiger charge is 2.33. The lowest BCUT2D eigenvalue weighted by atomic mass is 10.1. The number of rotatable bonds is 7. The Kier molecular flexibility index (Phi) is 6.28. The van der Waals surface area contributed by atoms with Crippen LogP contribution < -0.4 is 10.2 Å². The predicted octanol–water partition coefficient (Wildman–Crippen LogP) is 5.16. The number of alkyl halides is 3. The molecule has 0 amide bonds. The van der Waals surface area contributed by atoms with Gasteiger partial charge in [-0.1, -0.05) is 0 Å². The molecule has 2 aromatic carbocycles. The summed E-state index contributed by atoms with van der Waals surface area (Å²) in [7, 11) is 0. The topological polar surface area (TPSA) is 133 Å². The highest BCUT2D eigenvalue weighted by atomic mass is 19.4. The summed E-state index contributed by atoms with van der Waals surface area (Å²) < 4.78 is 43.7. The van der Waals surface area contributed by atoms with E-state index in [0.29, 0.717) is 23.4 Å². The van der Waals surface area contributed by atoms with E-state index in [4.69, 9.17) is 4.74 Å². The van der Waals surface area contributed by atoms with Crippen molar-refractivity contribution in [3.05, 3.63) is 92.1 Å². The van der Waals surface area contributed by atoms with Crippen molar-refractivity contribution in [2.24, 2.45) is 5.10 Å². The maximum Gasteiger partial charge on any atom is 0.416 e. The molecule has 0 unspecified atom stereocenters. The van der Waals surface area contributed by atoms with Gasteiger partial charge in [0.2, 0.25) is 5.88 Å². The third-order valence-corrected chi connectivity index (χ3v) is 3.95. The van der Waals surface area contributed by atoms with Gasteiger partial charge in [-0.05, 0) is 42.0 Å². The summed E-state index contributed by atoms with van der Waals surface area (Å²) in [5.74, 6) is 0.531. The average molecular weight is 447 g/mol. The number of hydrazone groups is 1. The second-order valence-electron chi connectivity index (χ2n) is 6.14. The molecule has 0 aliphatic heterocycles. The van der Waals surface area contributed by atoms with Crippen LogP contribution in [-0.2, 0) is 6.18 Å². The van der Waals surface area contributed by atoms with Crippen LogP contribution in [0, 0.1) is 20.2 Å². The molecule has 0 radical (unpaired) electrons. The second-order valence-corrected chi connectivity index (χ2v) is 6.14. The number of nitro groups is 2. The van der Waals surface area contributed by atoms with Gasteiger partial charge < -0.3 is 4.74 Å². The Morgan fingerprint density at radius 3 is 2.28 bits per heavy atom. The van der Waals surface area contributed by atoms with E-state index in [2.05, 4.69) is 15.5 Å². The summed E-state index contributed by atoms with van der Waals surface area (Å²) in [5, 5.41) is 25.5. The summed E-state index contributed by atoms with van der Waals surface area (Å²) in [6, 6.07) is 11.0. The first-order valence-electron chi connectivity index (χ1n) is 8.66. The van der Waals surface area contributed by atoms with Crippen LogP contribution in [0.2, 0.25) is 0 Å². The molecular formula is C19H12F3N5O5. The van der Waals surface area contributed by atoms with Gasteiger partial charge >= 0.3 is 6.18 Å². The molecule has 13 heteroatoms. The third kappa shape index (κ3) is 5.53. The van der Waals surface area contributed by atoms with Crippen molar-refractivity contribution in [3.63, 3.8) is 0 Å². The van der Waals surface area contributed by atoms with Crippen LogP contribution in [0.1, 0.15) is 11.1 Å². The van der Waals surface area contributed by atoms with E-state index in [1.54, 1.807) is 24.3 Å². The first kappa shape index (κ1) is 22.1. The molecule has 0 atom stereocenters. The number of hydrogen-bond acceptors (Lipinski definition) is 8. The van der Waals surface area contributed by atoms with E-state index in [0.717, 1.165) is 12.3 Å². The van der Waals surface area contributed by atoms with Crippen LogP contribution in [0.5, 0.6) is 11.6 Å². The van der Waals surface area contributed by atoms with Gasteiger partial charge in [0.05, 0.1) is 21.6 Å². The minimum absolute atomic E-state index is 0.147. The van der Waals surface area contributed by atoms with Crippen LogP contribution in [-0.4, -0.2) is 21.0 Å². The number of halogens is 3. The minimum atomic E-state index is -4.71. The van der Waals surface area contributed by atoms with Crippen LogP contribution >= 0.6 is 0 Å². The molecule has 3 aromatic rings. The first-order chi connectivity index (χ1) is 15.1. The summed E-state index contributed by atoms with van der Waals surface area (Å²) in [6.07, 6.45) is -2.35. The van der Waals surface area contributed by atoms with E-state index in [1.165, 1.54) is 18.3 Å². The number of pyridine rings is 1. The van der Waals surface area contributed by atoms with Crippen molar-refractivity contribution in [2.75, 3.05) is 5.43 Å². The van der Waals surface area contributed by atoms with Gasteiger partial charge in [-0.25, -0.2) is 4.98 Å². The molecule has 0 bridgehead atoms. The maximum absolute atomic E-state index is 12.7. The normalized spacial score (nSPS) is 11.3. The lowest BCUT2D eigenvalue weighted by Crippen LogP contribution is -2.06. The Balaban J connectivity index is 1.66. The summed E-state index contributed by atoms with van der Waals surface area (Å²) in [6.45, 7) is 0. The molecule has 1 heterocycles. The molecule has 3 rings (SSSR count). The Hall–Kier alpha value is -4.55. The monoisotopic (exact) mass is 447 g/mol. The van der Waals surface area contributed by atoms with Gasteiger partial charge in [0, 0.05) is 18.2 Å². The number of anilines is 1. The molecule has 10 nitrogen and oxygen atoms in total. The van der Waals surface area contributed by atoms with Crippen molar-refractivity contribution >= 4 is 23.3 Å². The molecule has 0 saturated carbocycles. The van der Waals surface area contributed by atoms with Crippen LogP contribution in [0.4, 0.5) is 30.2 Å². The quantitative estimate of drug-likeness (QED) is 0.301. The van der Waals surface area contributed by atoms with E-state index >= 15 is 0 Å². The first-order valence-corrected chi connectivity index (χ1v) is 8.66. The molecule has 32 heavy (non-hydrogen) atoms. The number of hydrogen-bond donors (Lipinski definition) is 1. The average Bonchev–Trinajstić information content (AvgIpc) is 2.74. The van der Waals surface area contributed by atoms with Gasteiger partial charge in [0.15, 0.2) is 0 Å². The number of ether oxygens (including phenoxy) is 1. The lowest BCUT2D eigenvalue weighted by molar-refractivity contribution is -0.385. The van der Waals surface area contributed by atoms with Crippen molar-refractivity contribution in [1.82, 2.24) is 4.98 Å².